The Morgan fingerprint density at radius 1 is 1.11 bits per heavy atom. The van der Waals surface area contributed by atoms with Crippen molar-refractivity contribution in [3.63, 3.8) is 0 Å². The molecule has 1 aromatic rings. The summed E-state index contributed by atoms with van der Waals surface area (Å²) in [5.74, 6) is 0. The average molecular weight is 265 g/mol. The van der Waals surface area contributed by atoms with E-state index in [0.717, 1.165) is 19.3 Å². The van der Waals surface area contributed by atoms with Crippen LogP contribution >= 0.6 is 0 Å². The first-order chi connectivity index (χ1) is 8.51. The summed E-state index contributed by atoms with van der Waals surface area (Å²) < 4.78 is 24.7. The van der Waals surface area contributed by atoms with E-state index in [-0.39, 0.29) is 5.41 Å². The second kappa shape index (κ2) is 4.07. The van der Waals surface area contributed by atoms with Gasteiger partial charge in [0.25, 0.3) is 0 Å². The van der Waals surface area contributed by atoms with Crippen LogP contribution in [0.3, 0.4) is 0 Å². The van der Waals surface area contributed by atoms with Crippen molar-refractivity contribution in [2.45, 2.75) is 31.1 Å². The maximum absolute atomic E-state index is 11.6. The molecule has 3 rings (SSSR count). The van der Waals surface area contributed by atoms with E-state index in [1.165, 1.54) is 23.8 Å². The summed E-state index contributed by atoms with van der Waals surface area (Å²) in [4.78, 5) is 0. The van der Waals surface area contributed by atoms with Gasteiger partial charge in [0.1, 0.15) is 0 Å². The van der Waals surface area contributed by atoms with Gasteiger partial charge in [-0.25, -0.2) is 12.7 Å². The molecule has 98 valence electrons. The molecule has 1 heterocycles. The molecule has 1 fully saturated rings. The van der Waals surface area contributed by atoms with Gasteiger partial charge >= 0.3 is 0 Å². The van der Waals surface area contributed by atoms with E-state index in [1.54, 1.807) is 4.31 Å². The maximum atomic E-state index is 11.6. The van der Waals surface area contributed by atoms with Crippen molar-refractivity contribution < 1.29 is 8.42 Å². The quantitative estimate of drug-likeness (QED) is 0.778. The van der Waals surface area contributed by atoms with Gasteiger partial charge in [-0.2, -0.15) is 0 Å². The van der Waals surface area contributed by atoms with Gasteiger partial charge in [0.2, 0.25) is 10.0 Å². The van der Waals surface area contributed by atoms with Crippen LogP contribution in [-0.4, -0.2) is 32.1 Å². The lowest BCUT2D eigenvalue weighted by molar-refractivity contribution is 0.233. The smallest absolute Gasteiger partial charge is 0.211 e. The lowest BCUT2D eigenvalue weighted by Gasteiger charge is -2.39. The van der Waals surface area contributed by atoms with E-state index >= 15 is 0 Å². The first-order valence-corrected chi connectivity index (χ1v) is 8.40. The Balaban J connectivity index is 1.85. The molecular formula is C14H19NO2S. The fourth-order valence-electron chi connectivity index (χ4n) is 3.53. The number of fused-ring (bicyclic) bond motifs is 2. The van der Waals surface area contributed by atoms with Crippen LogP contribution in [0, 0.1) is 0 Å². The van der Waals surface area contributed by atoms with Gasteiger partial charge in [0, 0.05) is 13.1 Å². The lowest BCUT2D eigenvalue weighted by atomic mass is 9.74. The number of piperidine rings is 1. The first kappa shape index (κ1) is 12.2. The summed E-state index contributed by atoms with van der Waals surface area (Å²) in [5.41, 5.74) is 3.18. The minimum absolute atomic E-state index is 0.248. The van der Waals surface area contributed by atoms with E-state index in [0.29, 0.717) is 13.1 Å². The Hall–Kier alpha value is -0.870. The molecule has 1 aromatic carbocycles. The molecule has 0 N–H and O–H groups in total. The highest BCUT2D eigenvalue weighted by molar-refractivity contribution is 7.88. The van der Waals surface area contributed by atoms with Crippen LogP contribution in [0.15, 0.2) is 24.3 Å². The number of hydrogen-bond acceptors (Lipinski definition) is 2. The van der Waals surface area contributed by atoms with Crippen molar-refractivity contribution in [1.29, 1.82) is 0 Å². The predicted octanol–water partition coefficient (Wildman–Crippen LogP) is 1.93. The molecule has 1 aliphatic heterocycles. The monoisotopic (exact) mass is 265 g/mol. The van der Waals surface area contributed by atoms with Crippen molar-refractivity contribution in [3.05, 3.63) is 35.4 Å². The number of nitrogens with zero attached hydrogens (tertiary/aromatic N) is 1. The third-order valence-electron chi connectivity index (χ3n) is 4.61. The second-order valence-corrected chi connectivity index (χ2v) is 7.58. The molecular weight excluding hydrogens is 246 g/mol. The van der Waals surface area contributed by atoms with E-state index in [1.807, 2.05) is 0 Å². The zero-order chi connectivity index (χ0) is 12.8. The minimum Gasteiger partial charge on any atom is -0.213 e. The molecule has 1 aliphatic carbocycles. The summed E-state index contributed by atoms with van der Waals surface area (Å²) in [6, 6.07) is 8.66. The predicted molar refractivity (Wildman–Crippen MR) is 72.1 cm³/mol. The molecule has 0 bridgehead atoms. The van der Waals surface area contributed by atoms with Gasteiger partial charge in [-0.3, -0.25) is 0 Å². The third kappa shape index (κ3) is 1.88. The number of benzene rings is 1. The summed E-state index contributed by atoms with van der Waals surface area (Å²) in [7, 11) is -3.02. The van der Waals surface area contributed by atoms with Crippen molar-refractivity contribution in [3.8, 4) is 0 Å². The summed E-state index contributed by atoms with van der Waals surface area (Å²) in [5, 5.41) is 0. The first-order valence-electron chi connectivity index (χ1n) is 6.55. The number of aryl methyl sites for hydroxylation is 1. The topological polar surface area (TPSA) is 37.4 Å². The molecule has 18 heavy (non-hydrogen) atoms. The Labute approximate surface area is 109 Å². The normalized spacial score (nSPS) is 23.2. The van der Waals surface area contributed by atoms with Crippen LogP contribution in [0.4, 0.5) is 0 Å². The van der Waals surface area contributed by atoms with Crippen LogP contribution in [0.25, 0.3) is 0 Å². The van der Waals surface area contributed by atoms with Crippen molar-refractivity contribution in [1.82, 2.24) is 4.31 Å². The molecule has 0 amide bonds. The molecule has 0 radical (unpaired) electrons. The van der Waals surface area contributed by atoms with Gasteiger partial charge in [0.05, 0.1) is 6.26 Å². The lowest BCUT2D eigenvalue weighted by Crippen LogP contribution is -2.43. The fourth-order valence-corrected chi connectivity index (χ4v) is 4.38. The van der Waals surface area contributed by atoms with Gasteiger partial charge in [-0.05, 0) is 42.2 Å². The highest BCUT2D eigenvalue weighted by Crippen LogP contribution is 2.46. The molecule has 1 spiro atoms. The number of sulfonamides is 1. The van der Waals surface area contributed by atoms with Gasteiger partial charge in [0.15, 0.2) is 0 Å². The molecule has 0 atom stereocenters. The van der Waals surface area contributed by atoms with E-state index < -0.39 is 10.0 Å². The van der Waals surface area contributed by atoms with E-state index in [2.05, 4.69) is 24.3 Å². The molecule has 4 heteroatoms. The van der Waals surface area contributed by atoms with Crippen LogP contribution in [0.5, 0.6) is 0 Å². The SMILES string of the molecule is CS(=O)(=O)N1CCC2(CCc3ccccc32)CC1. The molecule has 1 saturated heterocycles. The highest BCUT2D eigenvalue weighted by atomic mass is 32.2. The molecule has 0 saturated carbocycles. The Kier molecular flexibility index (Phi) is 2.75. The Morgan fingerprint density at radius 2 is 1.78 bits per heavy atom. The van der Waals surface area contributed by atoms with Gasteiger partial charge in [-0.15, -0.1) is 0 Å². The fraction of sp³-hybridized carbons (Fsp3) is 0.571. The van der Waals surface area contributed by atoms with Gasteiger partial charge in [-0.1, -0.05) is 24.3 Å². The Bertz CT molecular complexity index is 557. The minimum atomic E-state index is -3.02. The van der Waals surface area contributed by atoms with Gasteiger partial charge < -0.3 is 0 Å². The zero-order valence-corrected chi connectivity index (χ0v) is 11.5. The summed E-state index contributed by atoms with van der Waals surface area (Å²) in [6.07, 6.45) is 5.58. The average Bonchev–Trinajstić information content (AvgIpc) is 2.69. The molecule has 0 aromatic heterocycles. The Morgan fingerprint density at radius 3 is 2.44 bits per heavy atom. The largest absolute Gasteiger partial charge is 0.213 e. The summed E-state index contributed by atoms with van der Waals surface area (Å²) in [6.45, 7) is 1.35. The van der Waals surface area contributed by atoms with Crippen molar-refractivity contribution >= 4 is 10.0 Å². The second-order valence-electron chi connectivity index (χ2n) is 5.60. The number of rotatable bonds is 1. The zero-order valence-electron chi connectivity index (χ0n) is 10.7. The van der Waals surface area contributed by atoms with Crippen LogP contribution < -0.4 is 0 Å². The van der Waals surface area contributed by atoms with E-state index in [9.17, 15) is 8.42 Å². The highest BCUT2D eigenvalue weighted by Gasteiger charge is 2.42. The molecule has 3 nitrogen and oxygen atoms in total. The standard InChI is InChI=1S/C14H19NO2S/c1-18(16,17)15-10-8-14(9-11-15)7-6-12-4-2-3-5-13(12)14/h2-5H,6-11H2,1H3. The van der Waals surface area contributed by atoms with Crippen LogP contribution in [0.1, 0.15) is 30.4 Å². The van der Waals surface area contributed by atoms with Crippen molar-refractivity contribution in [2.75, 3.05) is 19.3 Å². The van der Waals surface area contributed by atoms with Crippen LogP contribution in [0.2, 0.25) is 0 Å². The maximum Gasteiger partial charge on any atom is 0.211 e. The third-order valence-corrected chi connectivity index (χ3v) is 5.91. The molecule has 2 aliphatic rings. The number of hydrogen-bond donors (Lipinski definition) is 0. The summed E-state index contributed by atoms with van der Waals surface area (Å²) >= 11 is 0. The van der Waals surface area contributed by atoms with Crippen molar-refractivity contribution in [2.24, 2.45) is 0 Å². The van der Waals surface area contributed by atoms with Crippen LogP contribution in [-0.2, 0) is 21.9 Å². The van der Waals surface area contributed by atoms with E-state index in [4.69, 9.17) is 0 Å². The molecule has 0 unspecified atom stereocenters.